The fourth-order valence-electron chi connectivity index (χ4n) is 5.81. The van der Waals surface area contributed by atoms with Gasteiger partial charge in [-0.1, -0.05) is 48.9 Å². The number of carboxylic acids is 1. The maximum atomic E-state index is 14.0. The topological polar surface area (TPSA) is 146 Å². The number of nitrogen functional groups attached to an aromatic ring is 1. The van der Waals surface area contributed by atoms with E-state index in [2.05, 4.69) is 4.90 Å². The number of fused-ring (bicyclic) bond motifs is 1. The maximum Gasteiger partial charge on any atom is 0.303 e. The zero-order valence-corrected chi connectivity index (χ0v) is 28.1. The number of carboxylic acid groups (broad SMARTS) is 1. The minimum Gasteiger partial charge on any atom is -0.481 e. The molecule has 1 aliphatic rings. The second kappa shape index (κ2) is 16.8. The van der Waals surface area contributed by atoms with Crippen molar-refractivity contribution < 1.29 is 18.3 Å². The van der Waals surface area contributed by atoms with Crippen molar-refractivity contribution in [2.45, 2.75) is 56.4 Å². The molecule has 4 N–H and O–H groups in total. The molecule has 4 aromatic rings. The van der Waals surface area contributed by atoms with Crippen LogP contribution >= 0.6 is 24.8 Å². The molecule has 0 amide bonds. The first-order valence-electron chi connectivity index (χ1n) is 15.2. The molecule has 3 aromatic carbocycles. The van der Waals surface area contributed by atoms with E-state index in [9.17, 15) is 18.3 Å². The van der Waals surface area contributed by atoms with Crippen molar-refractivity contribution in [2.24, 2.45) is 5.73 Å². The Kier molecular flexibility index (Phi) is 13.4. The number of piperidine rings is 1. The zero-order chi connectivity index (χ0) is 31.1. The molecular formula is C33H42Cl2N6O4S. The molecule has 0 bridgehead atoms. The molecule has 0 atom stereocenters. The first kappa shape index (κ1) is 36.8. The molecule has 13 heteroatoms. The summed E-state index contributed by atoms with van der Waals surface area (Å²) >= 11 is 0. The largest absolute Gasteiger partial charge is 0.481 e. The van der Waals surface area contributed by atoms with Gasteiger partial charge < -0.3 is 20.3 Å². The number of anilines is 1. The molecule has 2 heterocycles. The lowest BCUT2D eigenvalue weighted by Crippen LogP contribution is -2.36. The maximum absolute atomic E-state index is 14.0. The molecule has 1 aromatic heterocycles. The second-order valence-electron chi connectivity index (χ2n) is 11.3. The summed E-state index contributed by atoms with van der Waals surface area (Å²) in [4.78, 5) is 18.8. The number of rotatable bonds is 14. The van der Waals surface area contributed by atoms with Crippen molar-refractivity contribution in [1.29, 1.82) is 5.41 Å². The van der Waals surface area contributed by atoms with E-state index in [1.807, 2.05) is 34.9 Å². The summed E-state index contributed by atoms with van der Waals surface area (Å²) in [5.41, 5.74) is 9.23. The Balaban J connectivity index is 0.00000288. The van der Waals surface area contributed by atoms with Gasteiger partial charge in [-0.2, -0.15) is 0 Å². The number of aliphatic carboxylic acids is 1. The Morgan fingerprint density at radius 1 is 0.935 bits per heavy atom. The normalized spacial score (nSPS) is 13.5. The molecule has 0 unspecified atom stereocenters. The molecule has 46 heavy (non-hydrogen) atoms. The fourth-order valence-corrected chi connectivity index (χ4v) is 7.33. The van der Waals surface area contributed by atoms with Crippen molar-refractivity contribution in [3.63, 3.8) is 0 Å². The summed E-state index contributed by atoms with van der Waals surface area (Å²) in [5, 5.41) is 16.9. The summed E-state index contributed by atoms with van der Waals surface area (Å²) in [6.45, 7) is 3.75. The number of likely N-dealkylation sites (tertiary alicyclic amines) is 1. The van der Waals surface area contributed by atoms with Gasteiger partial charge in [0.2, 0.25) is 0 Å². The van der Waals surface area contributed by atoms with Crippen molar-refractivity contribution >= 4 is 63.4 Å². The number of benzene rings is 3. The van der Waals surface area contributed by atoms with E-state index >= 15 is 0 Å². The fraction of sp³-hybridized carbons (Fsp3) is 0.364. The highest BCUT2D eigenvalue weighted by Gasteiger charge is 2.26. The quantitative estimate of drug-likeness (QED) is 0.114. The summed E-state index contributed by atoms with van der Waals surface area (Å²) in [6, 6.07) is 21.4. The number of aromatic nitrogens is 2. The van der Waals surface area contributed by atoms with Crippen LogP contribution in [0.3, 0.4) is 0 Å². The standard InChI is InChI=1S/C33H40N6O4S.2ClH/c34-33(35)26-14-12-25(13-15-26)23-31-36-29-24-27(16-17-30(29)38(31)21-7-11-32(40)41)39(22-8-20-37-18-5-2-6-19-37)44(42,43)28-9-3-1-4-10-28;;/h1,3-4,9-10,12-17,24H,2,5-8,11,18-23H2,(H3,34,35)(H,40,41);2*1H. The van der Waals surface area contributed by atoms with Crippen molar-refractivity contribution in [3.05, 3.63) is 89.7 Å². The molecule has 248 valence electrons. The monoisotopic (exact) mass is 688 g/mol. The van der Waals surface area contributed by atoms with Gasteiger partial charge in [0.25, 0.3) is 10.0 Å². The highest BCUT2D eigenvalue weighted by atomic mass is 35.5. The van der Waals surface area contributed by atoms with Gasteiger partial charge in [0.1, 0.15) is 11.7 Å². The predicted octanol–water partition coefficient (Wildman–Crippen LogP) is 5.69. The van der Waals surface area contributed by atoms with E-state index in [0.29, 0.717) is 49.1 Å². The zero-order valence-electron chi connectivity index (χ0n) is 25.7. The number of hydrogen-bond acceptors (Lipinski definition) is 6. The van der Waals surface area contributed by atoms with Crippen LogP contribution in [-0.4, -0.2) is 66.0 Å². The molecule has 0 aliphatic carbocycles. The molecule has 0 saturated carbocycles. The van der Waals surface area contributed by atoms with E-state index in [4.69, 9.17) is 16.1 Å². The van der Waals surface area contributed by atoms with Crippen LogP contribution in [0.1, 0.15) is 55.5 Å². The third-order valence-electron chi connectivity index (χ3n) is 8.11. The minimum absolute atomic E-state index is 0. The summed E-state index contributed by atoms with van der Waals surface area (Å²) in [5.74, 6) is -0.110. The summed E-state index contributed by atoms with van der Waals surface area (Å²) in [7, 11) is -3.83. The molecule has 0 radical (unpaired) electrons. The van der Waals surface area contributed by atoms with Gasteiger partial charge in [0.05, 0.1) is 21.6 Å². The number of hydrogen-bond donors (Lipinski definition) is 3. The highest BCUT2D eigenvalue weighted by Crippen LogP contribution is 2.29. The van der Waals surface area contributed by atoms with Crippen molar-refractivity contribution in [2.75, 3.05) is 30.5 Å². The lowest BCUT2D eigenvalue weighted by Gasteiger charge is -2.29. The van der Waals surface area contributed by atoms with E-state index in [1.165, 1.54) is 23.6 Å². The molecule has 0 spiro atoms. The van der Waals surface area contributed by atoms with Gasteiger partial charge in [-0.25, -0.2) is 13.4 Å². The van der Waals surface area contributed by atoms with Crippen LogP contribution in [0.15, 0.2) is 77.7 Å². The van der Waals surface area contributed by atoms with Crippen LogP contribution in [0.2, 0.25) is 0 Å². The van der Waals surface area contributed by atoms with E-state index in [-0.39, 0.29) is 42.0 Å². The number of amidine groups is 1. The van der Waals surface area contributed by atoms with Gasteiger partial charge in [0, 0.05) is 31.5 Å². The van der Waals surface area contributed by atoms with Gasteiger partial charge in [-0.15, -0.1) is 24.8 Å². The first-order valence-corrected chi connectivity index (χ1v) is 16.6. The number of nitrogens with zero attached hydrogens (tertiary/aromatic N) is 4. The summed E-state index contributed by atoms with van der Waals surface area (Å²) < 4.78 is 31.4. The lowest BCUT2D eigenvalue weighted by atomic mass is 10.1. The molecule has 10 nitrogen and oxygen atoms in total. The summed E-state index contributed by atoms with van der Waals surface area (Å²) in [6.07, 6.45) is 5.27. The van der Waals surface area contributed by atoms with E-state index in [0.717, 1.165) is 36.5 Å². The van der Waals surface area contributed by atoms with Gasteiger partial charge in [-0.05, 0) is 81.2 Å². The third-order valence-corrected chi connectivity index (χ3v) is 9.96. The number of nitrogens with one attached hydrogen (secondary N) is 1. The number of halogens is 2. The van der Waals surface area contributed by atoms with Crippen LogP contribution < -0.4 is 10.0 Å². The Morgan fingerprint density at radius 2 is 1.63 bits per heavy atom. The minimum atomic E-state index is -3.83. The van der Waals surface area contributed by atoms with Crippen LogP contribution in [0.5, 0.6) is 0 Å². The van der Waals surface area contributed by atoms with Gasteiger partial charge >= 0.3 is 5.97 Å². The van der Waals surface area contributed by atoms with Crippen LogP contribution in [0.25, 0.3) is 11.0 Å². The Hall–Kier alpha value is -3.64. The van der Waals surface area contributed by atoms with Crippen LogP contribution in [0, 0.1) is 5.41 Å². The Morgan fingerprint density at radius 3 is 2.28 bits per heavy atom. The number of nitrogens with two attached hydrogens (primary N) is 1. The van der Waals surface area contributed by atoms with E-state index in [1.54, 1.807) is 42.5 Å². The van der Waals surface area contributed by atoms with Crippen molar-refractivity contribution in [3.8, 4) is 0 Å². The highest BCUT2D eigenvalue weighted by molar-refractivity contribution is 7.92. The smallest absolute Gasteiger partial charge is 0.303 e. The molecule has 5 rings (SSSR count). The second-order valence-corrected chi connectivity index (χ2v) is 13.1. The number of aryl methyl sites for hydroxylation is 1. The van der Waals surface area contributed by atoms with Crippen molar-refractivity contribution in [1.82, 2.24) is 14.5 Å². The Bertz CT molecular complexity index is 1710. The average Bonchev–Trinajstić information content (AvgIpc) is 3.36. The third kappa shape index (κ3) is 9.00. The van der Waals surface area contributed by atoms with Crippen LogP contribution in [0.4, 0.5) is 5.69 Å². The van der Waals surface area contributed by atoms with Crippen LogP contribution in [-0.2, 0) is 27.8 Å². The number of imidazole rings is 1. The predicted molar refractivity (Wildman–Crippen MR) is 187 cm³/mol. The van der Waals surface area contributed by atoms with E-state index < -0.39 is 16.0 Å². The molecule has 1 fully saturated rings. The number of carbonyl (C=O) groups is 1. The van der Waals surface area contributed by atoms with Gasteiger partial charge in [-0.3, -0.25) is 14.5 Å². The molecule has 1 saturated heterocycles. The Labute approximate surface area is 283 Å². The average molecular weight is 690 g/mol. The van der Waals surface area contributed by atoms with Gasteiger partial charge in [0.15, 0.2) is 0 Å². The number of sulfonamides is 1. The molecule has 1 aliphatic heterocycles. The lowest BCUT2D eigenvalue weighted by molar-refractivity contribution is -0.137. The molecular weight excluding hydrogens is 647 g/mol. The SMILES string of the molecule is Cl.Cl.N=C(N)c1ccc(Cc2nc3cc(N(CCCN4CCCCC4)S(=O)(=O)c4ccccc4)ccc3n2CCCC(=O)O)cc1. The first-order chi connectivity index (χ1) is 21.2.